The molecule has 2 rings (SSSR count). The van der Waals surface area contributed by atoms with Gasteiger partial charge in [0.2, 0.25) is 5.91 Å². The Morgan fingerprint density at radius 1 is 1.50 bits per heavy atom. The number of aliphatic carboxylic acids is 1. The number of carboxylic acid groups (broad SMARTS) is 1. The fraction of sp³-hybridized carbons (Fsp3) is 0.500. The lowest BCUT2D eigenvalue weighted by Crippen LogP contribution is -2.42. The van der Waals surface area contributed by atoms with Gasteiger partial charge in [-0.25, -0.2) is 0 Å². The standard InChI is InChI=1S/C14H19N3O3/c1-10(8-12-5-7-16(2)15-12)13(18)17-6-3-4-11(9-17)14(19)20/h5,7-8,11H,3-4,6,9H2,1-2H3,(H,19,20)/b10-8+. The monoisotopic (exact) mass is 277 g/mol. The maximum Gasteiger partial charge on any atom is 0.308 e. The summed E-state index contributed by atoms with van der Waals surface area (Å²) in [6.45, 7) is 2.65. The lowest BCUT2D eigenvalue weighted by molar-refractivity contribution is -0.145. The molecule has 6 nitrogen and oxygen atoms in total. The second-order valence-electron chi connectivity index (χ2n) is 5.17. The first-order valence-electron chi connectivity index (χ1n) is 6.67. The molecule has 1 aliphatic heterocycles. The van der Waals surface area contributed by atoms with Crippen LogP contribution in [0.25, 0.3) is 6.08 Å². The van der Waals surface area contributed by atoms with Crippen LogP contribution in [0.5, 0.6) is 0 Å². The van der Waals surface area contributed by atoms with Gasteiger partial charge in [-0.15, -0.1) is 0 Å². The Bertz CT molecular complexity index is 548. The number of hydrogen-bond acceptors (Lipinski definition) is 3. The van der Waals surface area contributed by atoms with Crippen LogP contribution in [-0.4, -0.2) is 44.8 Å². The highest BCUT2D eigenvalue weighted by molar-refractivity contribution is 5.97. The van der Waals surface area contributed by atoms with Gasteiger partial charge in [0.05, 0.1) is 11.6 Å². The zero-order chi connectivity index (χ0) is 14.7. The van der Waals surface area contributed by atoms with Gasteiger partial charge in [-0.3, -0.25) is 14.3 Å². The zero-order valence-corrected chi connectivity index (χ0v) is 11.7. The minimum atomic E-state index is -0.825. The zero-order valence-electron chi connectivity index (χ0n) is 11.7. The molecular weight excluding hydrogens is 258 g/mol. The molecule has 1 unspecified atom stereocenters. The third-order valence-corrected chi connectivity index (χ3v) is 3.49. The van der Waals surface area contributed by atoms with Crippen LogP contribution in [0.4, 0.5) is 0 Å². The van der Waals surface area contributed by atoms with E-state index in [0.29, 0.717) is 25.1 Å². The highest BCUT2D eigenvalue weighted by atomic mass is 16.4. The van der Waals surface area contributed by atoms with Crippen LogP contribution < -0.4 is 0 Å². The van der Waals surface area contributed by atoms with Crippen LogP contribution in [0.1, 0.15) is 25.5 Å². The number of rotatable bonds is 3. The Hall–Kier alpha value is -2.11. The summed E-state index contributed by atoms with van der Waals surface area (Å²) in [5.74, 6) is -1.38. The Balaban J connectivity index is 2.06. The van der Waals surface area contributed by atoms with Crippen molar-refractivity contribution < 1.29 is 14.7 Å². The average Bonchev–Trinajstić information content (AvgIpc) is 2.83. The number of piperidine rings is 1. The third-order valence-electron chi connectivity index (χ3n) is 3.49. The molecule has 1 fully saturated rings. The number of hydrogen-bond donors (Lipinski definition) is 1. The van der Waals surface area contributed by atoms with Gasteiger partial charge in [0, 0.05) is 31.9 Å². The molecule has 0 bridgehead atoms. The molecule has 108 valence electrons. The second kappa shape index (κ2) is 5.90. The molecule has 0 saturated carbocycles. The van der Waals surface area contributed by atoms with Gasteiger partial charge in [-0.05, 0) is 31.9 Å². The molecule has 2 heterocycles. The highest BCUT2D eigenvalue weighted by Gasteiger charge is 2.28. The minimum Gasteiger partial charge on any atom is -0.481 e. The van der Waals surface area contributed by atoms with Crippen molar-refractivity contribution in [3.8, 4) is 0 Å². The number of amides is 1. The summed E-state index contributed by atoms with van der Waals surface area (Å²) >= 11 is 0. The van der Waals surface area contributed by atoms with Crippen molar-refractivity contribution >= 4 is 18.0 Å². The Labute approximate surface area is 117 Å². The first-order chi connectivity index (χ1) is 9.47. The Kier molecular flexibility index (Phi) is 4.22. The summed E-state index contributed by atoms with van der Waals surface area (Å²) in [4.78, 5) is 25.0. The van der Waals surface area contributed by atoms with Gasteiger partial charge in [0.1, 0.15) is 0 Å². The summed E-state index contributed by atoms with van der Waals surface area (Å²) < 4.78 is 1.67. The first-order valence-corrected chi connectivity index (χ1v) is 6.67. The van der Waals surface area contributed by atoms with Crippen LogP contribution in [0.15, 0.2) is 17.8 Å². The van der Waals surface area contributed by atoms with Crippen LogP contribution in [-0.2, 0) is 16.6 Å². The second-order valence-corrected chi connectivity index (χ2v) is 5.17. The van der Waals surface area contributed by atoms with E-state index >= 15 is 0 Å². The summed E-state index contributed by atoms with van der Waals surface area (Å²) in [5, 5.41) is 13.2. The fourth-order valence-corrected chi connectivity index (χ4v) is 2.41. The van der Waals surface area contributed by atoms with Crippen LogP contribution in [0.2, 0.25) is 0 Å². The maximum absolute atomic E-state index is 12.3. The molecule has 0 aromatic carbocycles. The van der Waals surface area contributed by atoms with E-state index in [0.717, 1.165) is 12.1 Å². The van der Waals surface area contributed by atoms with Crippen molar-refractivity contribution in [3.63, 3.8) is 0 Å². The van der Waals surface area contributed by atoms with E-state index in [1.807, 2.05) is 19.3 Å². The summed E-state index contributed by atoms with van der Waals surface area (Å²) in [5.41, 5.74) is 1.31. The van der Waals surface area contributed by atoms with Crippen molar-refractivity contribution in [2.75, 3.05) is 13.1 Å². The molecule has 1 saturated heterocycles. The molecule has 0 aliphatic carbocycles. The lowest BCUT2D eigenvalue weighted by atomic mass is 9.97. The minimum absolute atomic E-state index is 0.110. The molecule has 1 atom stereocenters. The predicted molar refractivity (Wildman–Crippen MR) is 73.8 cm³/mol. The topological polar surface area (TPSA) is 75.4 Å². The molecule has 1 aliphatic rings. The summed E-state index contributed by atoms with van der Waals surface area (Å²) in [6, 6.07) is 1.83. The first kappa shape index (κ1) is 14.3. The highest BCUT2D eigenvalue weighted by Crippen LogP contribution is 2.19. The van der Waals surface area contributed by atoms with E-state index in [9.17, 15) is 9.59 Å². The number of aryl methyl sites for hydroxylation is 1. The number of carbonyl (C=O) groups excluding carboxylic acids is 1. The van der Waals surface area contributed by atoms with Crippen molar-refractivity contribution in [2.45, 2.75) is 19.8 Å². The van der Waals surface area contributed by atoms with Gasteiger partial charge >= 0.3 is 5.97 Å². The van der Waals surface area contributed by atoms with Crippen molar-refractivity contribution in [1.29, 1.82) is 0 Å². The molecule has 0 radical (unpaired) electrons. The molecule has 1 amide bonds. The van der Waals surface area contributed by atoms with E-state index in [2.05, 4.69) is 5.10 Å². The van der Waals surface area contributed by atoms with E-state index in [4.69, 9.17) is 5.11 Å². The number of likely N-dealkylation sites (tertiary alicyclic amines) is 1. The molecule has 6 heteroatoms. The van der Waals surface area contributed by atoms with Gasteiger partial charge in [-0.1, -0.05) is 0 Å². The van der Waals surface area contributed by atoms with Crippen LogP contribution >= 0.6 is 0 Å². The SMILES string of the molecule is C/C(=C\c1ccn(C)n1)C(=O)N1CCCC(C(=O)O)C1. The normalized spacial score (nSPS) is 20.0. The summed E-state index contributed by atoms with van der Waals surface area (Å²) in [7, 11) is 1.82. The number of aromatic nitrogens is 2. The predicted octanol–water partition coefficient (Wildman–Crippen LogP) is 1.15. The van der Waals surface area contributed by atoms with Crippen molar-refractivity contribution in [1.82, 2.24) is 14.7 Å². The molecule has 0 spiro atoms. The quantitative estimate of drug-likeness (QED) is 0.841. The maximum atomic E-state index is 12.3. The van der Waals surface area contributed by atoms with Gasteiger partial charge < -0.3 is 10.0 Å². The molecular formula is C14H19N3O3. The number of carboxylic acids is 1. The molecule has 1 aromatic heterocycles. The molecule has 1 aromatic rings. The van der Waals surface area contributed by atoms with Gasteiger partial charge in [0.25, 0.3) is 0 Å². The van der Waals surface area contributed by atoms with E-state index in [1.54, 1.807) is 22.6 Å². The molecule has 1 N–H and O–H groups in total. The Morgan fingerprint density at radius 2 is 2.25 bits per heavy atom. The van der Waals surface area contributed by atoms with Crippen LogP contribution in [0, 0.1) is 5.92 Å². The smallest absolute Gasteiger partial charge is 0.308 e. The van der Waals surface area contributed by atoms with E-state index in [-0.39, 0.29) is 5.91 Å². The lowest BCUT2D eigenvalue weighted by Gasteiger charge is -2.30. The number of nitrogens with zero attached hydrogens (tertiary/aromatic N) is 3. The average molecular weight is 277 g/mol. The van der Waals surface area contributed by atoms with Gasteiger partial charge in [0.15, 0.2) is 0 Å². The van der Waals surface area contributed by atoms with Crippen LogP contribution in [0.3, 0.4) is 0 Å². The van der Waals surface area contributed by atoms with E-state index in [1.165, 1.54) is 0 Å². The fourth-order valence-electron chi connectivity index (χ4n) is 2.41. The summed E-state index contributed by atoms with van der Waals surface area (Å²) in [6.07, 6.45) is 4.92. The van der Waals surface area contributed by atoms with Crippen molar-refractivity contribution in [3.05, 3.63) is 23.5 Å². The third kappa shape index (κ3) is 3.26. The number of carbonyl (C=O) groups is 2. The van der Waals surface area contributed by atoms with E-state index < -0.39 is 11.9 Å². The van der Waals surface area contributed by atoms with Crippen molar-refractivity contribution in [2.24, 2.45) is 13.0 Å². The Morgan fingerprint density at radius 3 is 2.85 bits per heavy atom. The van der Waals surface area contributed by atoms with Gasteiger partial charge in [-0.2, -0.15) is 5.10 Å². The molecule has 20 heavy (non-hydrogen) atoms. The largest absolute Gasteiger partial charge is 0.481 e.